The van der Waals surface area contributed by atoms with Gasteiger partial charge in [0.1, 0.15) is 0 Å². The monoisotopic (exact) mass is 330 g/mol. The van der Waals surface area contributed by atoms with Gasteiger partial charge in [-0.05, 0) is 23.8 Å². The Morgan fingerprint density at radius 3 is 2.39 bits per heavy atom. The molecule has 5 nitrogen and oxygen atoms in total. The van der Waals surface area contributed by atoms with Crippen molar-refractivity contribution < 1.29 is 27.5 Å². The number of methoxy groups -OCH3 is 1. The van der Waals surface area contributed by atoms with Gasteiger partial charge >= 0.3 is 6.18 Å². The molecular weight excluding hydrogens is 313 g/mol. The summed E-state index contributed by atoms with van der Waals surface area (Å²) in [6.45, 7) is 0.514. The molecule has 23 heavy (non-hydrogen) atoms. The molecule has 0 fully saturated rings. The van der Waals surface area contributed by atoms with Crippen LogP contribution in [0.25, 0.3) is 6.08 Å². The van der Waals surface area contributed by atoms with E-state index < -0.39 is 17.6 Å². The number of hydrogen-bond acceptors (Lipinski definition) is 3. The summed E-state index contributed by atoms with van der Waals surface area (Å²) in [5.41, 5.74) is -0.315. The van der Waals surface area contributed by atoms with Gasteiger partial charge in [-0.2, -0.15) is 13.2 Å². The molecule has 0 spiro atoms. The van der Waals surface area contributed by atoms with E-state index in [1.165, 1.54) is 25.3 Å². The fourth-order valence-electron chi connectivity index (χ4n) is 1.54. The molecule has 1 rings (SSSR count). The summed E-state index contributed by atoms with van der Waals surface area (Å²) in [7, 11) is 1.50. The largest absolute Gasteiger partial charge is 0.416 e. The van der Waals surface area contributed by atoms with Gasteiger partial charge in [-0.1, -0.05) is 12.1 Å². The van der Waals surface area contributed by atoms with Gasteiger partial charge in [0.15, 0.2) is 0 Å². The minimum atomic E-state index is -4.39. The van der Waals surface area contributed by atoms with Crippen molar-refractivity contribution in [3.63, 3.8) is 0 Å². The first-order valence-corrected chi connectivity index (χ1v) is 6.71. The summed E-state index contributed by atoms with van der Waals surface area (Å²) in [5, 5.41) is 4.88. The molecule has 0 saturated carbocycles. The molecule has 2 N–H and O–H groups in total. The maximum absolute atomic E-state index is 12.4. The molecule has 1 aromatic rings. The zero-order chi connectivity index (χ0) is 17.3. The number of hydrogen-bond donors (Lipinski definition) is 2. The first kappa shape index (κ1) is 18.7. The topological polar surface area (TPSA) is 67.4 Å². The summed E-state index contributed by atoms with van der Waals surface area (Å²) in [6, 6.07) is 4.37. The Morgan fingerprint density at radius 2 is 1.83 bits per heavy atom. The summed E-state index contributed by atoms with van der Waals surface area (Å²) >= 11 is 0. The van der Waals surface area contributed by atoms with Crippen LogP contribution in [0.15, 0.2) is 30.3 Å². The average Bonchev–Trinajstić information content (AvgIpc) is 2.50. The molecule has 0 bridgehead atoms. The van der Waals surface area contributed by atoms with Gasteiger partial charge in [-0.25, -0.2) is 0 Å². The van der Waals surface area contributed by atoms with Crippen LogP contribution in [0.3, 0.4) is 0 Å². The molecule has 126 valence electrons. The van der Waals surface area contributed by atoms with Crippen LogP contribution in [0, 0.1) is 0 Å². The average molecular weight is 330 g/mol. The number of amides is 2. The van der Waals surface area contributed by atoms with Crippen LogP contribution in [0.5, 0.6) is 0 Å². The van der Waals surface area contributed by atoms with Crippen molar-refractivity contribution in [3.8, 4) is 0 Å². The standard InChI is InChI=1S/C15H17F3N2O3/c1-23-9-8-19-14(22)10-20-13(21)7-4-11-2-5-12(6-3-11)15(16,17)18/h2-7H,8-10H2,1H3,(H,19,22)(H,20,21)/b7-4+. The number of benzene rings is 1. The van der Waals surface area contributed by atoms with E-state index >= 15 is 0 Å². The van der Waals surface area contributed by atoms with Crippen LogP contribution in [0.2, 0.25) is 0 Å². The maximum Gasteiger partial charge on any atom is 0.416 e. The number of carbonyl (C=O) groups is 2. The summed E-state index contributed by atoms with van der Waals surface area (Å²) in [5.74, 6) is -0.884. The third-order valence-corrected chi connectivity index (χ3v) is 2.72. The molecule has 0 unspecified atom stereocenters. The lowest BCUT2D eigenvalue weighted by Crippen LogP contribution is -2.37. The van der Waals surface area contributed by atoms with Gasteiger partial charge in [-0.3, -0.25) is 9.59 Å². The smallest absolute Gasteiger partial charge is 0.383 e. The highest BCUT2D eigenvalue weighted by Gasteiger charge is 2.29. The molecular formula is C15H17F3N2O3. The van der Waals surface area contributed by atoms with E-state index in [9.17, 15) is 22.8 Å². The van der Waals surface area contributed by atoms with E-state index in [4.69, 9.17) is 4.74 Å². The van der Waals surface area contributed by atoms with Crippen molar-refractivity contribution in [2.24, 2.45) is 0 Å². The van der Waals surface area contributed by atoms with Crippen LogP contribution in [-0.4, -0.2) is 38.6 Å². The van der Waals surface area contributed by atoms with Crippen molar-refractivity contribution in [3.05, 3.63) is 41.5 Å². The SMILES string of the molecule is COCCNC(=O)CNC(=O)/C=C/c1ccc(C(F)(F)F)cc1. The van der Waals surface area contributed by atoms with E-state index in [0.717, 1.165) is 18.2 Å². The number of alkyl halides is 3. The minimum Gasteiger partial charge on any atom is -0.383 e. The predicted octanol–water partition coefficient (Wildman–Crippen LogP) is 1.60. The van der Waals surface area contributed by atoms with E-state index in [2.05, 4.69) is 10.6 Å². The van der Waals surface area contributed by atoms with Gasteiger partial charge < -0.3 is 15.4 Å². The first-order chi connectivity index (χ1) is 10.8. The first-order valence-electron chi connectivity index (χ1n) is 6.71. The Hall–Kier alpha value is -2.35. The fourth-order valence-corrected chi connectivity index (χ4v) is 1.54. The van der Waals surface area contributed by atoms with Gasteiger partial charge in [0, 0.05) is 19.7 Å². The second kappa shape index (κ2) is 8.94. The highest BCUT2D eigenvalue weighted by atomic mass is 19.4. The summed E-state index contributed by atoms with van der Waals surface area (Å²) in [6.07, 6.45) is -1.89. The highest BCUT2D eigenvalue weighted by Crippen LogP contribution is 2.29. The molecule has 0 aromatic heterocycles. The molecule has 2 amide bonds. The number of rotatable bonds is 7. The second-order valence-electron chi connectivity index (χ2n) is 4.51. The third-order valence-electron chi connectivity index (χ3n) is 2.72. The Kier molecular flexibility index (Phi) is 7.27. The summed E-state index contributed by atoms with van der Waals surface area (Å²) < 4.78 is 41.9. The normalized spacial score (nSPS) is 11.5. The molecule has 0 radical (unpaired) electrons. The lowest BCUT2D eigenvalue weighted by molar-refractivity contribution is -0.137. The van der Waals surface area contributed by atoms with Gasteiger partial charge in [0.05, 0.1) is 18.7 Å². The Morgan fingerprint density at radius 1 is 1.17 bits per heavy atom. The van der Waals surface area contributed by atoms with E-state index in [-0.39, 0.29) is 12.5 Å². The zero-order valence-electron chi connectivity index (χ0n) is 12.4. The Balaban J connectivity index is 2.42. The molecule has 0 aliphatic heterocycles. The van der Waals surface area contributed by atoms with Crippen molar-refractivity contribution in [2.75, 3.05) is 26.8 Å². The Labute approximate surface area is 131 Å². The van der Waals surface area contributed by atoms with Crippen LogP contribution >= 0.6 is 0 Å². The molecule has 0 aliphatic carbocycles. The van der Waals surface area contributed by atoms with E-state index in [1.807, 2.05) is 0 Å². The Bertz CT molecular complexity index is 554. The van der Waals surface area contributed by atoms with E-state index in [1.54, 1.807) is 0 Å². The quantitative estimate of drug-likeness (QED) is 0.589. The molecule has 1 aromatic carbocycles. The van der Waals surface area contributed by atoms with Gasteiger partial charge in [0.25, 0.3) is 0 Å². The van der Waals surface area contributed by atoms with Crippen molar-refractivity contribution in [1.82, 2.24) is 10.6 Å². The van der Waals surface area contributed by atoms with Crippen LogP contribution in [0.1, 0.15) is 11.1 Å². The van der Waals surface area contributed by atoms with Crippen molar-refractivity contribution in [2.45, 2.75) is 6.18 Å². The number of halogens is 3. The highest BCUT2D eigenvalue weighted by molar-refractivity contribution is 5.94. The van der Waals surface area contributed by atoms with Gasteiger partial charge in [-0.15, -0.1) is 0 Å². The van der Waals surface area contributed by atoms with Gasteiger partial charge in [0.2, 0.25) is 11.8 Å². The van der Waals surface area contributed by atoms with E-state index in [0.29, 0.717) is 18.7 Å². The molecule has 0 saturated heterocycles. The number of carbonyl (C=O) groups excluding carboxylic acids is 2. The number of ether oxygens (including phenoxy) is 1. The van der Waals surface area contributed by atoms with Crippen molar-refractivity contribution >= 4 is 17.9 Å². The molecule has 8 heteroatoms. The lowest BCUT2D eigenvalue weighted by atomic mass is 10.1. The third kappa shape index (κ3) is 7.46. The molecule has 0 aliphatic rings. The van der Waals surface area contributed by atoms with Crippen LogP contribution < -0.4 is 10.6 Å². The predicted molar refractivity (Wildman–Crippen MR) is 78.4 cm³/mol. The number of nitrogens with one attached hydrogen (secondary N) is 2. The van der Waals surface area contributed by atoms with Crippen molar-refractivity contribution in [1.29, 1.82) is 0 Å². The van der Waals surface area contributed by atoms with Crippen LogP contribution in [-0.2, 0) is 20.5 Å². The summed E-state index contributed by atoms with van der Waals surface area (Å²) in [4.78, 5) is 22.8. The second-order valence-corrected chi connectivity index (χ2v) is 4.51. The zero-order valence-corrected chi connectivity index (χ0v) is 12.4. The lowest BCUT2D eigenvalue weighted by Gasteiger charge is -2.06. The minimum absolute atomic E-state index is 0.195. The fraction of sp³-hybridized carbons (Fsp3) is 0.333. The molecule has 0 heterocycles. The molecule has 0 atom stereocenters. The maximum atomic E-state index is 12.4. The van der Waals surface area contributed by atoms with Crippen LogP contribution in [0.4, 0.5) is 13.2 Å².